The smallest absolute Gasteiger partial charge is 0.320 e. The highest BCUT2D eigenvalue weighted by Crippen LogP contribution is 2.29. The first-order valence-electron chi connectivity index (χ1n) is 11.8. The van der Waals surface area contributed by atoms with Crippen LogP contribution < -0.4 is 5.73 Å². The number of ketones is 1. The maximum Gasteiger partial charge on any atom is 0.320 e. The first kappa shape index (κ1) is 22.3. The van der Waals surface area contributed by atoms with Gasteiger partial charge in [0, 0.05) is 36.9 Å². The maximum atomic E-state index is 13.4. The van der Waals surface area contributed by atoms with Crippen molar-refractivity contribution in [2.24, 2.45) is 5.73 Å². The van der Waals surface area contributed by atoms with Crippen LogP contribution in [0.3, 0.4) is 0 Å². The summed E-state index contributed by atoms with van der Waals surface area (Å²) in [6.07, 6.45) is 5.34. The molecule has 2 saturated heterocycles. The van der Waals surface area contributed by atoms with E-state index in [4.69, 9.17) is 5.73 Å². The molecule has 170 valence electrons. The minimum absolute atomic E-state index is 0.00121. The Morgan fingerprint density at radius 3 is 2.66 bits per heavy atom. The van der Waals surface area contributed by atoms with Crippen molar-refractivity contribution in [3.63, 3.8) is 0 Å². The number of urea groups is 1. The molecule has 2 aromatic rings. The zero-order chi connectivity index (χ0) is 22.8. The van der Waals surface area contributed by atoms with E-state index in [9.17, 15) is 14.9 Å². The second kappa shape index (κ2) is 9.33. The molecule has 0 unspecified atom stereocenters. The highest BCUT2D eigenvalue weighted by molar-refractivity contribution is 5.92. The van der Waals surface area contributed by atoms with E-state index in [-0.39, 0.29) is 23.9 Å². The highest BCUT2D eigenvalue weighted by Gasteiger charge is 2.40. The second-order valence-electron chi connectivity index (χ2n) is 9.12. The van der Waals surface area contributed by atoms with Crippen LogP contribution in [0.25, 0.3) is 10.9 Å². The third-order valence-electron chi connectivity index (χ3n) is 7.07. The zero-order valence-electron chi connectivity index (χ0n) is 19.1. The second-order valence-corrected chi connectivity index (χ2v) is 9.12. The lowest BCUT2D eigenvalue weighted by Crippen LogP contribution is -2.52. The van der Waals surface area contributed by atoms with Crippen LogP contribution in [0.15, 0.2) is 24.3 Å². The number of aryl methyl sites for hydroxylation is 2. The molecule has 0 spiro atoms. The summed E-state index contributed by atoms with van der Waals surface area (Å²) in [6.45, 7) is 6.05. The van der Waals surface area contributed by atoms with E-state index in [0.29, 0.717) is 18.5 Å². The molecule has 0 aliphatic carbocycles. The molecule has 0 bridgehead atoms. The molecule has 2 N–H and O–H groups in total. The summed E-state index contributed by atoms with van der Waals surface area (Å²) in [6, 6.07) is 9.53. The summed E-state index contributed by atoms with van der Waals surface area (Å²) in [4.78, 5) is 29.6. The van der Waals surface area contributed by atoms with Gasteiger partial charge in [-0.3, -0.25) is 4.79 Å². The molecule has 32 heavy (non-hydrogen) atoms. The number of nitrogens with two attached hydrogens (primary N) is 1. The van der Waals surface area contributed by atoms with E-state index in [0.717, 1.165) is 56.1 Å². The maximum absolute atomic E-state index is 13.4. The van der Waals surface area contributed by atoms with Crippen LogP contribution >= 0.6 is 0 Å². The van der Waals surface area contributed by atoms with Gasteiger partial charge in [0.05, 0.1) is 23.7 Å². The average Bonchev–Trinajstić information content (AvgIpc) is 3.53. The van der Waals surface area contributed by atoms with Gasteiger partial charge in [0.25, 0.3) is 0 Å². The summed E-state index contributed by atoms with van der Waals surface area (Å²) in [5.74, 6) is -0.0317. The summed E-state index contributed by atoms with van der Waals surface area (Å²) >= 11 is 0. The topological polar surface area (TPSA) is 95.4 Å². The van der Waals surface area contributed by atoms with Gasteiger partial charge in [-0.05, 0) is 76.0 Å². The van der Waals surface area contributed by atoms with Crippen LogP contribution in [0.2, 0.25) is 0 Å². The summed E-state index contributed by atoms with van der Waals surface area (Å²) in [5, 5.41) is 10.4. The van der Waals surface area contributed by atoms with E-state index in [1.54, 1.807) is 11.8 Å². The number of nitrogens with zero attached hydrogens (tertiary/aromatic N) is 4. The standard InChI is InChI=1S/C25H33N5O2/c1-3-28-21(15-19-9-8-18(16-26)14-23(19)28)11-10-20-6-4-12-29(20)25(32)30-13-5-7-22(30)24(31)17(2)27/h8-9,14-15,17,20,22H,3-7,10-13,27H2,1-2H3/t17-,20-,22+/m0/s1. The normalized spacial score (nSPS) is 21.8. The third kappa shape index (κ3) is 4.12. The SMILES string of the molecule is CCn1c(CC[C@@H]2CCCN2C(=O)N2CCC[C@@H]2C(=O)[C@H](C)N)cc2ccc(C#N)cc21. The number of carbonyl (C=O) groups excluding carboxylic acids is 2. The molecule has 7 nitrogen and oxygen atoms in total. The Morgan fingerprint density at radius 2 is 1.94 bits per heavy atom. The third-order valence-corrected chi connectivity index (χ3v) is 7.07. The number of rotatable bonds is 6. The highest BCUT2D eigenvalue weighted by atomic mass is 16.2. The number of hydrogen-bond acceptors (Lipinski definition) is 4. The average molecular weight is 436 g/mol. The van der Waals surface area contributed by atoms with Gasteiger partial charge in [-0.2, -0.15) is 5.26 Å². The van der Waals surface area contributed by atoms with Crippen molar-refractivity contribution in [1.82, 2.24) is 14.4 Å². The fourth-order valence-electron chi connectivity index (χ4n) is 5.42. The molecule has 7 heteroatoms. The van der Waals surface area contributed by atoms with Crippen molar-refractivity contribution in [1.29, 1.82) is 5.26 Å². The van der Waals surface area contributed by atoms with E-state index in [1.807, 2.05) is 23.1 Å². The van der Waals surface area contributed by atoms with Crippen molar-refractivity contribution in [3.05, 3.63) is 35.5 Å². The molecule has 2 aliphatic heterocycles. The van der Waals surface area contributed by atoms with Crippen molar-refractivity contribution < 1.29 is 9.59 Å². The van der Waals surface area contributed by atoms with Crippen molar-refractivity contribution >= 4 is 22.7 Å². The van der Waals surface area contributed by atoms with Gasteiger partial charge in [0.2, 0.25) is 0 Å². The molecule has 1 aromatic heterocycles. The van der Waals surface area contributed by atoms with Crippen LogP contribution in [0, 0.1) is 11.3 Å². The largest absolute Gasteiger partial charge is 0.345 e. The van der Waals surface area contributed by atoms with Gasteiger partial charge >= 0.3 is 6.03 Å². The van der Waals surface area contributed by atoms with Crippen LogP contribution in [-0.4, -0.2) is 57.4 Å². The predicted octanol–water partition coefficient (Wildman–Crippen LogP) is 3.43. The van der Waals surface area contributed by atoms with Crippen molar-refractivity contribution in [2.45, 2.75) is 77.0 Å². The lowest BCUT2D eigenvalue weighted by Gasteiger charge is -2.33. The Labute approximate surface area is 189 Å². The summed E-state index contributed by atoms with van der Waals surface area (Å²) in [5.41, 5.74) is 8.83. The van der Waals surface area contributed by atoms with Crippen LogP contribution in [0.5, 0.6) is 0 Å². The first-order valence-corrected chi connectivity index (χ1v) is 11.8. The molecular weight excluding hydrogens is 402 g/mol. The predicted molar refractivity (Wildman–Crippen MR) is 124 cm³/mol. The minimum Gasteiger partial charge on any atom is -0.345 e. The Bertz CT molecular complexity index is 1050. The molecule has 3 heterocycles. The molecule has 3 atom stereocenters. The van der Waals surface area contributed by atoms with Gasteiger partial charge in [0.1, 0.15) is 0 Å². The van der Waals surface area contributed by atoms with Crippen molar-refractivity contribution in [2.75, 3.05) is 13.1 Å². The Balaban J connectivity index is 1.47. The molecule has 4 rings (SSSR count). The van der Waals surface area contributed by atoms with E-state index in [1.165, 1.54) is 5.69 Å². The summed E-state index contributed by atoms with van der Waals surface area (Å²) in [7, 11) is 0. The molecule has 2 fully saturated rings. The van der Waals surface area contributed by atoms with E-state index < -0.39 is 6.04 Å². The lowest BCUT2D eigenvalue weighted by atomic mass is 10.0. The Hall–Kier alpha value is -2.85. The number of nitriles is 1. The molecule has 0 saturated carbocycles. The number of aromatic nitrogens is 1. The minimum atomic E-state index is -0.541. The number of fused-ring (bicyclic) bond motifs is 1. The number of amides is 2. The number of likely N-dealkylation sites (tertiary alicyclic amines) is 2. The monoisotopic (exact) mass is 435 g/mol. The van der Waals surface area contributed by atoms with Crippen LogP contribution in [0.4, 0.5) is 4.79 Å². The number of Topliss-reactive ketones (excluding diaryl/α,β-unsaturated/α-hetero) is 1. The van der Waals surface area contributed by atoms with Crippen LogP contribution in [0.1, 0.15) is 57.2 Å². The molecule has 1 aromatic carbocycles. The Kier molecular flexibility index (Phi) is 6.52. The molecule has 2 aliphatic rings. The number of hydrogen-bond donors (Lipinski definition) is 1. The zero-order valence-corrected chi connectivity index (χ0v) is 19.1. The Morgan fingerprint density at radius 1 is 1.19 bits per heavy atom. The quantitative estimate of drug-likeness (QED) is 0.752. The molecular formula is C25H33N5O2. The van der Waals surface area contributed by atoms with Gasteiger partial charge in [-0.1, -0.05) is 6.07 Å². The van der Waals surface area contributed by atoms with Gasteiger partial charge < -0.3 is 20.1 Å². The van der Waals surface area contributed by atoms with Gasteiger partial charge in [-0.15, -0.1) is 0 Å². The number of benzene rings is 1. The van der Waals surface area contributed by atoms with Gasteiger partial charge in [0.15, 0.2) is 5.78 Å². The fraction of sp³-hybridized carbons (Fsp3) is 0.560. The van der Waals surface area contributed by atoms with E-state index in [2.05, 4.69) is 23.6 Å². The molecule has 0 radical (unpaired) electrons. The number of carbonyl (C=O) groups is 2. The summed E-state index contributed by atoms with van der Waals surface area (Å²) < 4.78 is 2.27. The van der Waals surface area contributed by atoms with Crippen LogP contribution in [-0.2, 0) is 17.8 Å². The van der Waals surface area contributed by atoms with Crippen molar-refractivity contribution in [3.8, 4) is 6.07 Å². The fourth-order valence-corrected chi connectivity index (χ4v) is 5.42. The molecule has 2 amide bonds. The lowest BCUT2D eigenvalue weighted by molar-refractivity contribution is -0.123. The van der Waals surface area contributed by atoms with E-state index >= 15 is 0 Å². The first-order chi connectivity index (χ1) is 15.4. The van der Waals surface area contributed by atoms with Gasteiger partial charge in [-0.25, -0.2) is 4.79 Å².